The smallest absolute Gasteiger partial charge is 0.254 e. The minimum absolute atomic E-state index is 0.0598. The van der Waals surface area contributed by atoms with E-state index in [1.165, 1.54) is 23.5 Å². The van der Waals surface area contributed by atoms with Crippen LogP contribution in [0.4, 0.5) is 4.39 Å². The molecule has 1 amide bonds. The molecule has 0 aliphatic carbocycles. The summed E-state index contributed by atoms with van der Waals surface area (Å²) >= 11 is 1.51. The summed E-state index contributed by atoms with van der Waals surface area (Å²) in [5.74, 6) is 0.847. The molecule has 6 nitrogen and oxygen atoms in total. The van der Waals surface area contributed by atoms with E-state index in [9.17, 15) is 9.18 Å². The first-order valence-corrected chi connectivity index (χ1v) is 11.8. The summed E-state index contributed by atoms with van der Waals surface area (Å²) in [5, 5.41) is 0. The first-order chi connectivity index (χ1) is 16.1. The highest BCUT2D eigenvalue weighted by molar-refractivity contribution is 7.13. The lowest BCUT2D eigenvalue weighted by atomic mass is 10.0. The number of oxazole rings is 1. The number of hydrogen-bond donors (Lipinski definition) is 0. The van der Waals surface area contributed by atoms with Crippen LogP contribution in [-0.4, -0.2) is 32.3 Å². The van der Waals surface area contributed by atoms with Crippen molar-refractivity contribution >= 4 is 17.2 Å². The lowest BCUT2D eigenvalue weighted by molar-refractivity contribution is 0.0570. The molecule has 0 bridgehead atoms. The van der Waals surface area contributed by atoms with Crippen molar-refractivity contribution in [2.24, 2.45) is 0 Å². The van der Waals surface area contributed by atoms with Gasteiger partial charge in [-0.1, -0.05) is 12.1 Å². The quantitative estimate of drug-likeness (QED) is 0.386. The number of pyridine rings is 1. The molecule has 8 heteroatoms. The van der Waals surface area contributed by atoms with Crippen molar-refractivity contribution in [1.82, 2.24) is 19.9 Å². The second-order valence-electron chi connectivity index (χ2n) is 8.18. The minimum atomic E-state index is -0.276. The summed E-state index contributed by atoms with van der Waals surface area (Å²) in [5.41, 5.74) is 4.84. The third kappa shape index (κ3) is 4.57. The van der Waals surface area contributed by atoms with Gasteiger partial charge in [-0.3, -0.25) is 9.78 Å². The Labute approximate surface area is 195 Å². The van der Waals surface area contributed by atoms with E-state index in [2.05, 4.69) is 15.0 Å². The van der Waals surface area contributed by atoms with E-state index in [1.807, 2.05) is 24.0 Å². The molecule has 168 valence electrons. The van der Waals surface area contributed by atoms with E-state index < -0.39 is 0 Å². The molecule has 1 atom stereocenters. The Bertz CT molecular complexity index is 1280. The molecule has 0 radical (unpaired) electrons. The molecule has 1 fully saturated rings. The van der Waals surface area contributed by atoms with Crippen LogP contribution < -0.4 is 0 Å². The van der Waals surface area contributed by atoms with Crippen LogP contribution in [0.3, 0.4) is 0 Å². The first kappa shape index (κ1) is 21.5. The Morgan fingerprint density at radius 1 is 1.21 bits per heavy atom. The van der Waals surface area contributed by atoms with Crippen LogP contribution >= 0.6 is 11.3 Å². The number of likely N-dealkylation sites (tertiary alicyclic amines) is 1. The first-order valence-electron chi connectivity index (χ1n) is 10.9. The van der Waals surface area contributed by atoms with Crippen LogP contribution in [0.5, 0.6) is 0 Å². The number of benzene rings is 1. The molecule has 5 rings (SSSR count). The van der Waals surface area contributed by atoms with Crippen LogP contribution in [-0.2, 0) is 6.42 Å². The average Bonchev–Trinajstić information content (AvgIpc) is 3.47. The van der Waals surface area contributed by atoms with Crippen LogP contribution in [0.2, 0.25) is 0 Å². The zero-order chi connectivity index (χ0) is 22.8. The van der Waals surface area contributed by atoms with Crippen molar-refractivity contribution in [2.75, 3.05) is 6.54 Å². The molecular formula is C25H23FN4O2S. The number of thiazole rings is 1. The van der Waals surface area contributed by atoms with Crippen molar-refractivity contribution < 1.29 is 13.6 Å². The Kier molecular flexibility index (Phi) is 6.00. The molecule has 4 aromatic rings. The van der Waals surface area contributed by atoms with Crippen LogP contribution in [0.25, 0.3) is 10.6 Å². The number of nitrogens with zero attached hydrogens (tertiary/aromatic N) is 4. The summed E-state index contributed by atoms with van der Waals surface area (Å²) in [7, 11) is 0. The fourth-order valence-corrected chi connectivity index (χ4v) is 5.01. The molecule has 0 spiro atoms. The zero-order valence-corrected chi connectivity index (χ0v) is 19.0. The standard InChI is InChI=1S/C25H23FN4O2S/c1-16-23(33-15-29-16)21-13-18(8-9-27-21)25(31)30-10-3-2-7-22(30)24-28-14-20(32-24)12-17-5-4-6-19(26)11-17/h4-6,8-9,11,13-15,22H,2-3,7,10,12H2,1H3. The summed E-state index contributed by atoms with van der Waals surface area (Å²) in [4.78, 5) is 29.5. The highest BCUT2D eigenvalue weighted by Crippen LogP contribution is 2.33. The molecule has 1 aromatic carbocycles. The predicted octanol–water partition coefficient (Wildman–Crippen LogP) is 5.60. The Morgan fingerprint density at radius 3 is 2.94 bits per heavy atom. The van der Waals surface area contributed by atoms with Gasteiger partial charge in [0.1, 0.15) is 17.6 Å². The molecule has 0 saturated carbocycles. The fraction of sp³-hybridized carbons (Fsp3) is 0.280. The predicted molar refractivity (Wildman–Crippen MR) is 123 cm³/mol. The summed E-state index contributed by atoms with van der Waals surface area (Å²) in [6.07, 6.45) is 6.52. The van der Waals surface area contributed by atoms with Gasteiger partial charge in [-0.25, -0.2) is 14.4 Å². The largest absolute Gasteiger partial charge is 0.443 e. The van der Waals surface area contributed by atoms with E-state index in [0.29, 0.717) is 30.2 Å². The van der Waals surface area contributed by atoms with Gasteiger partial charge in [-0.2, -0.15) is 0 Å². The van der Waals surface area contributed by atoms with Gasteiger partial charge in [0, 0.05) is 24.7 Å². The Morgan fingerprint density at radius 2 is 2.12 bits per heavy atom. The number of carbonyl (C=O) groups is 1. The third-order valence-corrected chi connectivity index (χ3v) is 6.82. The Hall–Kier alpha value is -3.39. The maximum absolute atomic E-state index is 13.5. The van der Waals surface area contributed by atoms with Crippen LogP contribution in [0.1, 0.15) is 58.6 Å². The maximum Gasteiger partial charge on any atom is 0.254 e. The van der Waals surface area contributed by atoms with Crippen LogP contribution in [0, 0.1) is 12.7 Å². The molecule has 1 aliphatic heterocycles. The van der Waals surface area contributed by atoms with Gasteiger partial charge in [-0.15, -0.1) is 11.3 Å². The molecule has 4 heterocycles. The van der Waals surface area contributed by atoms with E-state index in [4.69, 9.17) is 4.42 Å². The second kappa shape index (κ2) is 9.23. The molecular weight excluding hydrogens is 439 g/mol. The third-order valence-electron chi connectivity index (χ3n) is 5.87. The van der Waals surface area contributed by atoms with E-state index in [-0.39, 0.29) is 17.8 Å². The Balaban J connectivity index is 1.38. The maximum atomic E-state index is 13.5. The fourth-order valence-electron chi connectivity index (χ4n) is 4.24. The summed E-state index contributed by atoms with van der Waals surface area (Å²) in [6.45, 7) is 2.58. The normalized spacial score (nSPS) is 16.2. The molecule has 33 heavy (non-hydrogen) atoms. The molecule has 1 unspecified atom stereocenters. The molecule has 1 saturated heterocycles. The molecule has 0 N–H and O–H groups in total. The van der Waals surface area contributed by atoms with Gasteiger partial charge in [0.15, 0.2) is 0 Å². The van der Waals surface area contributed by atoms with Crippen molar-refractivity contribution in [3.05, 3.63) is 88.6 Å². The number of amides is 1. The average molecular weight is 463 g/mol. The number of hydrogen-bond acceptors (Lipinski definition) is 6. The monoisotopic (exact) mass is 462 g/mol. The highest BCUT2D eigenvalue weighted by atomic mass is 32.1. The lowest BCUT2D eigenvalue weighted by Crippen LogP contribution is -2.38. The van der Waals surface area contributed by atoms with E-state index in [0.717, 1.165) is 41.1 Å². The number of piperidine rings is 1. The number of halogens is 1. The topological polar surface area (TPSA) is 72.1 Å². The highest BCUT2D eigenvalue weighted by Gasteiger charge is 2.32. The second-order valence-corrected chi connectivity index (χ2v) is 9.03. The van der Waals surface area contributed by atoms with Crippen molar-refractivity contribution in [3.8, 4) is 10.6 Å². The van der Waals surface area contributed by atoms with E-state index in [1.54, 1.807) is 30.0 Å². The van der Waals surface area contributed by atoms with Gasteiger partial charge >= 0.3 is 0 Å². The SMILES string of the molecule is Cc1ncsc1-c1cc(C(=O)N2CCCCC2c2ncc(Cc3cccc(F)c3)o2)ccn1. The lowest BCUT2D eigenvalue weighted by Gasteiger charge is -2.33. The number of aromatic nitrogens is 3. The van der Waals surface area contributed by atoms with Gasteiger partial charge in [0.05, 0.1) is 28.0 Å². The van der Waals surface area contributed by atoms with Gasteiger partial charge in [0.25, 0.3) is 5.91 Å². The minimum Gasteiger partial charge on any atom is -0.443 e. The summed E-state index contributed by atoms with van der Waals surface area (Å²) in [6, 6.07) is 9.80. The van der Waals surface area contributed by atoms with Crippen molar-refractivity contribution in [2.45, 2.75) is 38.6 Å². The zero-order valence-electron chi connectivity index (χ0n) is 18.2. The van der Waals surface area contributed by atoms with Crippen LogP contribution in [0.15, 0.2) is 58.7 Å². The van der Waals surface area contributed by atoms with Gasteiger partial charge in [0.2, 0.25) is 5.89 Å². The van der Waals surface area contributed by atoms with E-state index >= 15 is 0 Å². The van der Waals surface area contributed by atoms with Gasteiger partial charge in [-0.05, 0) is 56.0 Å². The van der Waals surface area contributed by atoms with Crippen molar-refractivity contribution in [3.63, 3.8) is 0 Å². The number of rotatable bonds is 5. The number of aryl methyl sites for hydroxylation is 1. The number of carbonyl (C=O) groups excluding carboxylic acids is 1. The van der Waals surface area contributed by atoms with Gasteiger partial charge < -0.3 is 9.32 Å². The van der Waals surface area contributed by atoms with Crippen molar-refractivity contribution in [1.29, 1.82) is 0 Å². The summed E-state index contributed by atoms with van der Waals surface area (Å²) < 4.78 is 19.5. The molecule has 3 aromatic heterocycles. The molecule has 1 aliphatic rings.